The summed E-state index contributed by atoms with van der Waals surface area (Å²) in [6.07, 6.45) is 0.281. The standard InChI is InChI=1S/C8H14N2O3/c1-5(2)6-3-8(11)9-4-7(6)10(12)13/h5-7H,3-4H2,1-2H3,(H,9,11)/t6-,7+/m0/s1. The summed E-state index contributed by atoms with van der Waals surface area (Å²) in [7, 11) is 0. The van der Waals surface area contributed by atoms with Crippen molar-refractivity contribution in [3.8, 4) is 0 Å². The second-order valence-electron chi connectivity index (χ2n) is 3.77. The first-order chi connectivity index (χ1) is 6.02. The van der Waals surface area contributed by atoms with Crippen LogP contribution in [0.4, 0.5) is 0 Å². The van der Waals surface area contributed by atoms with E-state index in [2.05, 4.69) is 5.32 Å². The highest BCUT2D eigenvalue weighted by Crippen LogP contribution is 2.23. The summed E-state index contributed by atoms with van der Waals surface area (Å²) in [5, 5.41) is 13.1. The SMILES string of the molecule is CC(C)[C@@H]1CC(=O)NC[C@H]1[N+](=O)[O-]. The Morgan fingerprint density at radius 2 is 2.23 bits per heavy atom. The summed E-state index contributed by atoms with van der Waals surface area (Å²) < 4.78 is 0. The van der Waals surface area contributed by atoms with Crippen LogP contribution in [0.5, 0.6) is 0 Å². The number of nitrogens with zero attached hydrogens (tertiary/aromatic N) is 1. The summed E-state index contributed by atoms with van der Waals surface area (Å²) in [6.45, 7) is 4.01. The van der Waals surface area contributed by atoms with Gasteiger partial charge in [0.1, 0.15) is 0 Å². The largest absolute Gasteiger partial charge is 0.349 e. The number of nitro groups is 1. The van der Waals surface area contributed by atoms with E-state index < -0.39 is 6.04 Å². The Kier molecular flexibility index (Phi) is 2.85. The van der Waals surface area contributed by atoms with Crippen LogP contribution in [-0.4, -0.2) is 23.4 Å². The minimum absolute atomic E-state index is 0.0724. The fourth-order valence-electron chi connectivity index (χ4n) is 1.70. The minimum Gasteiger partial charge on any atom is -0.349 e. The first-order valence-corrected chi connectivity index (χ1v) is 4.42. The third-order valence-corrected chi connectivity index (χ3v) is 2.55. The van der Waals surface area contributed by atoms with Crippen LogP contribution in [0, 0.1) is 22.0 Å². The molecule has 1 rings (SSSR count). The van der Waals surface area contributed by atoms with Gasteiger partial charge in [0.2, 0.25) is 11.9 Å². The molecule has 1 heterocycles. The molecule has 0 unspecified atom stereocenters. The predicted octanol–water partition coefficient (Wildman–Crippen LogP) is 0.424. The highest BCUT2D eigenvalue weighted by atomic mass is 16.6. The van der Waals surface area contributed by atoms with Crippen LogP contribution in [0.2, 0.25) is 0 Å². The van der Waals surface area contributed by atoms with Crippen LogP contribution in [0.3, 0.4) is 0 Å². The molecule has 5 nitrogen and oxygen atoms in total. The molecule has 1 N–H and O–H groups in total. The lowest BCUT2D eigenvalue weighted by atomic mass is 9.83. The molecule has 0 aromatic carbocycles. The molecular formula is C8H14N2O3. The number of rotatable bonds is 2. The summed E-state index contributed by atoms with van der Waals surface area (Å²) in [6, 6.07) is -0.613. The molecule has 1 fully saturated rings. The van der Waals surface area contributed by atoms with Crippen LogP contribution < -0.4 is 5.32 Å². The molecule has 0 spiro atoms. The average Bonchev–Trinajstić information content (AvgIpc) is 2.03. The number of hydrogen-bond donors (Lipinski definition) is 1. The van der Waals surface area contributed by atoms with Crippen molar-refractivity contribution in [2.24, 2.45) is 11.8 Å². The Labute approximate surface area is 76.7 Å². The molecule has 1 amide bonds. The number of amides is 1. The number of carbonyl (C=O) groups excluding carboxylic acids is 1. The van der Waals surface area contributed by atoms with Gasteiger partial charge in [-0.3, -0.25) is 14.9 Å². The molecule has 1 aliphatic rings. The molecule has 0 bridgehead atoms. The molecular weight excluding hydrogens is 172 g/mol. The Hall–Kier alpha value is -1.13. The number of hydrogen-bond acceptors (Lipinski definition) is 3. The van der Waals surface area contributed by atoms with E-state index in [0.29, 0.717) is 0 Å². The maximum absolute atomic E-state index is 11.0. The van der Waals surface area contributed by atoms with Gasteiger partial charge >= 0.3 is 0 Å². The monoisotopic (exact) mass is 186 g/mol. The van der Waals surface area contributed by atoms with Crippen molar-refractivity contribution in [2.75, 3.05) is 6.54 Å². The Bertz CT molecular complexity index is 227. The average molecular weight is 186 g/mol. The van der Waals surface area contributed by atoms with Crippen molar-refractivity contribution in [1.29, 1.82) is 0 Å². The van der Waals surface area contributed by atoms with Gasteiger partial charge in [-0.1, -0.05) is 13.8 Å². The quantitative estimate of drug-likeness (QED) is 0.502. The minimum atomic E-state index is -0.613. The molecule has 74 valence electrons. The van der Waals surface area contributed by atoms with E-state index in [-0.39, 0.29) is 35.6 Å². The molecule has 0 saturated carbocycles. The van der Waals surface area contributed by atoms with E-state index in [4.69, 9.17) is 0 Å². The van der Waals surface area contributed by atoms with Crippen molar-refractivity contribution in [1.82, 2.24) is 5.32 Å². The third-order valence-electron chi connectivity index (χ3n) is 2.55. The van der Waals surface area contributed by atoms with Crippen molar-refractivity contribution in [2.45, 2.75) is 26.3 Å². The van der Waals surface area contributed by atoms with Crippen LogP contribution in [0.25, 0.3) is 0 Å². The summed E-state index contributed by atoms with van der Waals surface area (Å²) in [5.74, 6) is -0.0120. The van der Waals surface area contributed by atoms with E-state index in [1.807, 2.05) is 13.8 Å². The van der Waals surface area contributed by atoms with Gasteiger partial charge in [0.15, 0.2) is 0 Å². The zero-order valence-electron chi connectivity index (χ0n) is 7.82. The van der Waals surface area contributed by atoms with Crippen molar-refractivity contribution in [3.05, 3.63) is 10.1 Å². The van der Waals surface area contributed by atoms with Crippen molar-refractivity contribution in [3.63, 3.8) is 0 Å². The number of nitrogens with one attached hydrogen (secondary N) is 1. The zero-order valence-corrected chi connectivity index (χ0v) is 7.82. The van der Waals surface area contributed by atoms with Crippen LogP contribution in [0.1, 0.15) is 20.3 Å². The van der Waals surface area contributed by atoms with E-state index in [1.165, 1.54) is 0 Å². The topological polar surface area (TPSA) is 72.2 Å². The zero-order chi connectivity index (χ0) is 10.0. The lowest BCUT2D eigenvalue weighted by molar-refractivity contribution is -0.532. The Balaban J connectivity index is 2.71. The lowest BCUT2D eigenvalue weighted by Gasteiger charge is -2.28. The summed E-state index contributed by atoms with van der Waals surface area (Å²) >= 11 is 0. The predicted molar refractivity (Wildman–Crippen MR) is 46.7 cm³/mol. The van der Waals surface area contributed by atoms with Gasteiger partial charge in [0.05, 0.1) is 6.54 Å². The van der Waals surface area contributed by atoms with Gasteiger partial charge in [-0.25, -0.2) is 0 Å². The lowest BCUT2D eigenvalue weighted by Crippen LogP contribution is -2.49. The highest BCUT2D eigenvalue weighted by molar-refractivity contribution is 5.77. The van der Waals surface area contributed by atoms with E-state index in [1.54, 1.807) is 0 Å². The fraction of sp³-hybridized carbons (Fsp3) is 0.875. The van der Waals surface area contributed by atoms with Crippen LogP contribution >= 0.6 is 0 Å². The highest BCUT2D eigenvalue weighted by Gasteiger charge is 2.38. The van der Waals surface area contributed by atoms with Gasteiger partial charge in [-0.2, -0.15) is 0 Å². The molecule has 1 aliphatic heterocycles. The Morgan fingerprint density at radius 1 is 1.62 bits per heavy atom. The van der Waals surface area contributed by atoms with Crippen molar-refractivity contribution < 1.29 is 9.72 Å². The smallest absolute Gasteiger partial charge is 0.233 e. The molecule has 13 heavy (non-hydrogen) atoms. The molecule has 0 radical (unpaired) electrons. The normalized spacial score (nSPS) is 28.7. The van der Waals surface area contributed by atoms with Gasteiger partial charge in [-0.05, 0) is 5.92 Å². The van der Waals surface area contributed by atoms with Crippen LogP contribution in [-0.2, 0) is 4.79 Å². The van der Waals surface area contributed by atoms with Gasteiger partial charge in [0, 0.05) is 17.3 Å². The molecule has 0 aliphatic carbocycles. The van der Waals surface area contributed by atoms with Gasteiger partial charge in [-0.15, -0.1) is 0 Å². The van der Waals surface area contributed by atoms with Gasteiger partial charge < -0.3 is 5.32 Å². The van der Waals surface area contributed by atoms with E-state index in [9.17, 15) is 14.9 Å². The number of piperidine rings is 1. The van der Waals surface area contributed by atoms with Gasteiger partial charge in [0.25, 0.3) is 0 Å². The molecule has 1 saturated heterocycles. The molecule has 0 aromatic heterocycles. The number of carbonyl (C=O) groups is 1. The second kappa shape index (κ2) is 3.72. The van der Waals surface area contributed by atoms with Crippen LogP contribution in [0.15, 0.2) is 0 Å². The maximum atomic E-state index is 11.0. The summed E-state index contributed by atoms with van der Waals surface area (Å²) in [5.41, 5.74) is 0. The maximum Gasteiger partial charge on any atom is 0.233 e. The molecule has 2 atom stereocenters. The molecule has 5 heteroatoms. The Morgan fingerprint density at radius 3 is 2.69 bits per heavy atom. The van der Waals surface area contributed by atoms with E-state index >= 15 is 0 Å². The van der Waals surface area contributed by atoms with Crippen molar-refractivity contribution >= 4 is 5.91 Å². The third kappa shape index (κ3) is 2.17. The second-order valence-corrected chi connectivity index (χ2v) is 3.77. The first kappa shape index (κ1) is 9.95. The first-order valence-electron chi connectivity index (χ1n) is 4.42. The fourth-order valence-corrected chi connectivity index (χ4v) is 1.70. The summed E-state index contributed by atoms with van der Waals surface area (Å²) in [4.78, 5) is 21.4. The van der Waals surface area contributed by atoms with E-state index in [0.717, 1.165) is 0 Å². The molecule has 0 aromatic rings.